The number of ether oxygens (including phenoxy) is 1. The van der Waals surface area contributed by atoms with Crippen molar-refractivity contribution in [2.24, 2.45) is 0 Å². The molecule has 1 saturated heterocycles. The van der Waals surface area contributed by atoms with E-state index in [0.717, 1.165) is 32.5 Å². The number of esters is 1. The largest absolute Gasteiger partial charge is 0.490 e. The maximum Gasteiger partial charge on any atom is 0.490 e. The third kappa shape index (κ3) is 3.96. The van der Waals surface area contributed by atoms with Crippen molar-refractivity contribution >= 4 is 29.6 Å². The lowest BCUT2D eigenvalue weighted by molar-refractivity contribution is 0.0523. The second-order valence-corrected chi connectivity index (χ2v) is 7.77. The summed E-state index contributed by atoms with van der Waals surface area (Å²) >= 11 is 0. The molecule has 3 heterocycles. The molecule has 0 amide bonds. The van der Waals surface area contributed by atoms with Crippen molar-refractivity contribution in [3.8, 4) is 0 Å². The standard InChI is InChI=1S/C19H26BN3O5/c1-4-28-18(25)15-11-23(19(2,3)12-22-7-5-6-8-22)17-14(16(15)24)9-13(10-21-17)20(26)27/h9-11,26-27H,4-8,12H2,1-3H3. The summed E-state index contributed by atoms with van der Waals surface area (Å²) in [5.74, 6) is -0.699. The Kier molecular flexibility index (Phi) is 5.88. The van der Waals surface area contributed by atoms with Crippen LogP contribution in [0.3, 0.4) is 0 Å². The van der Waals surface area contributed by atoms with E-state index in [1.54, 1.807) is 6.92 Å². The van der Waals surface area contributed by atoms with Crippen LogP contribution in [-0.4, -0.2) is 63.8 Å². The van der Waals surface area contributed by atoms with Crippen molar-refractivity contribution in [3.63, 3.8) is 0 Å². The van der Waals surface area contributed by atoms with E-state index in [2.05, 4.69) is 9.88 Å². The van der Waals surface area contributed by atoms with Crippen LogP contribution in [0, 0.1) is 0 Å². The summed E-state index contributed by atoms with van der Waals surface area (Å²) in [4.78, 5) is 32.0. The van der Waals surface area contributed by atoms with E-state index in [0.29, 0.717) is 5.65 Å². The molecule has 1 aliphatic rings. The molecule has 28 heavy (non-hydrogen) atoms. The van der Waals surface area contributed by atoms with Crippen LogP contribution in [0.2, 0.25) is 0 Å². The molecule has 1 fully saturated rings. The highest BCUT2D eigenvalue weighted by Gasteiger charge is 2.29. The van der Waals surface area contributed by atoms with Gasteiger partial charge < -0.3 is 24.3 Å². The fourth-order valence-electron chi connectivity index (χ4n) is 3.75. The van der Waals surface area contributed by atoms with E-state index in [9.17, 15) is 19.6 Å². The van der Waals surface area contributed by atoms with Gasteiger partial charge in [-0.05, 0) is 52.8 Å². The normalized spacial score (nSPS) is 15.2. The van der Waals surface area contributed by atoms with Gasteiger partial charge in [-0.25, -0.2) is 9.78 Å². The lowest BCUT2D eigenvalue weighted by atomic mass is 9.81. The lowest BCUT2D eigenvalue weighted by Crippen LogP contribution is -2.41. The third-order valence-corrected chi connectivity index (χ3v) is 5.12. The van der Waals surface area contributed by atoms with E-state index in [1.807, 2.05) is 18.4 Å². The SMILES string of the molecule is CCOC(=O)c1cn(C(C)(C)CN2CCCC2)c2ncc(B(O)O)cc2c1=O. The minimum absolute atomic E-state index is 0.0878. The molecule has 2 aromatic heterocycles. The molecule has 8 nitrogen and oxygen atoms in total. The van der Waals surface area contributed by atoms with E-state index in [1.165, 1.54) is 18.5 Å². The highest BCUT2D eigenvalue weighted by atomic mass is 16.5. The van der Waals surface area contributed by atoms with Gasteiger partial charge in [0.05, 0.1) is 17.5 Å². The quantitative estimate of drug-likeness (QED) is 0.535. The fraction of sp³-hybridized carbons (Fsp3) is 0.526. The number of hydrogen-bond donors (Lipinski definition) is 2. The maximum absolute atomic E-state index is 12.9. The number of rotatable bonds is 6. The van der Waals surface area contributed by atoms with Crippen LogP contribution in [0.15, 0.2) is 23.3 Å². The Bertz CT molecular complexity index is 935. The predicted molar refractivity (Wildman–Crippen MR) is 107 cm³/mol. The number of pyridine rings is 2. The summed E-state index contributed by atoms with van der Waals surface area (Å²) in [5.41, 5.74) is -0.586. The van der Waals surface area contributed by atoms with Gasteiger partial charge in [0.25, 0.3) is 0 Å². The smallest absolute Gasteiger partial charge is 0.462 e. The first-order valence-corrected chi connectivity index (χ1v) is 9.56. The van der Waals surface area contributed by atoms with Gasteiger partial charge in [-0.2, -0.15) is 0 Å². The van der Waals surface area contributed by atoms with E-state index in [4.69, 9.17) is 4.74 Å². The second kappa shape index (κ2) is 8.02. The molecule has 0 bridgehead atoms. The molecular formula is C19H26BN3O5. The zero-order valence-corrected chi connectivity index (χ0v) is 16.5. The Hall–Kier alpha value is -2.23. The van der Waals surface area contributed by atoms with Crippen LogP contribution in [0.1, 0.15) is 44.0 Å². The van der Waals surface area contributed by atoms with Crippen LogP contribution < -0.4 is 10.9 Å². The zero-order valence-electron chi connectivity index (χ0n) is 16.5. The number of nitrogens with zero attached hydrogens (tertiary/aromatic N) is 3. The zero-order chi connectivity index (χ0) is 20.5. The van der Waals surface area contributed by atoms with Crippen LogP contribution >= 0.6 is 0 Å². The van der Waals surface area contributed by atoms with Crippen molar-refractivity contribution in [1.82, 2.24) is 14.5 Å². The summed E-state index contributed by atoms with van der Waals surface area (Å²) in [6, 6.07) is 1.38. The van der Waals surface area contributed by atoms with Gasteiger partial charge in [-0.3, -0.25) is 4.79 Å². The number of carbonyl (C=O) groups excluding carboxylic acids is 1. The van der Waals surface area contributed by atoms with Gasteiger partial charge in [-0.15, -0.1) is 0 Å². The summed E-state index contributed by atoms with van der Waals surface area (Å²) < 4.78 is 6.88. The first-order chi connectivity index (χ1) is 13.2. The van der Waals surface area contributed by atoms with E-state index < -0.39 is 24.1 Å². The number of aromatic nitrogens is 2. The Balaban J connectivity index is 2.20. The monoisotopic (exact) mass is 387 g/mol. The van der Waals surface area contributed by atoms with Crippen molar-refractivity contribution < 1.29 is 19.6 Å². The Morgan fingerprint density at radius 2 is 2.00 bits per heavy atom. The molecule has 9 heteroatoms. The summed E-state index contributed by atoms with van der Waals surface area (Å²) in [7, 11) is -1.76. The third-order valence-electron chi connectivity index (χ3n) is 5.12. The van der Waals surface area contributed by atoms with Crippen molar-refractivity contribution in [2.75, 3.05) is 26.2 Å². The molecule has 0 radical (unpaired) electrons. The molecule has 0 saturated carbocycles. The van der Waals surface area contributed by atoms with Gasteiger partial charge in [0.1, 0.15) is 11.2 Å². The van der Waals surface area contributed by atoms with Crippen molar-refractivity contribution in [1.29, 1.82) is 0 Å². The molecule has 1 aliphatic heterocycles. The molecule has 0 aliphatic carbocycles. The highest BCUT2D eigenvalue weighted by molar-refractivity contribution is 6.58. The number of likely N-dealkylation sites (tertiary alicyclic amines) is 1. The van der Waals surface area contributed by atoms with Crippen LogP contribution in [0.5, 0.6) is 0 Å². The first-order valence-electron chi connectivity index (χ1n) is 9.56. The fourth-order valence-corrected chi connectivity index (χ4v) is 3.75. The molecule has 150 valence electrons. The van der Waals surface area contributed by atoms with Gasteiger partial charge in [-0.1, -0.05) is 0 Å². The van der Waals surface area contributed by atoms with Crippen molar-refractivity contribution in [3.05, 3.63) is 34.2 Å². The molecule has 2 aromatic rings. The molecule has 2 N–H and O–H groups in total. The molecule has 0 aromatic carbocycles. The number of carbonyl (C=O) groups is 1. The average Bonchev–Trinajstić information content (AvgIpc) is 3.13. The van der Waals surface area contributed by atoms with Crippen LogP contribution in [0.25, 0.3) is 11.0 Å². The predicted octanol–water partition coefficient (Wildman–Crippen LogP) is 0.0839. The molecule has 0 unspecified atom stereocenters. The Morgan fingerprint density at radius 1 is 1.32 bits per heavy atom. The minimum Gasteiger partial charge on any atom is -0.462 e. The summed E-state index contributed by atoms with van der Waals surface area (Å²) in [6.45, 7) is 8.65. The topological polar surface area (TPSA) is 105 Å². The van der Waals surface area contributed by atoms with Crippen LogP contribution in [-0.2, 0) is 10.3 Å². The van der Waals surface area contributed by atoms with E-state index >= 15 is 0 Å². The summed E-state index contributed by atoms with van der Waals surface area (Å²) in [6.07, 6.45) is 5.16. The van der Waals surface area contributed by atoms with Crippen molar-refractivity contribution in [2.45, 2.75) is 39.2 Å². The molecule has 3 rings (SSSR count). The van der Waals surface area contributed by atoms with Crippen LogP contribution in [0.4, 0.5) is 0 Å². The molecule has 0 spiro atoms. The van der Waals surface area contributed by atoms with Gasteiger partial charge in [0, 0.05) is 24.4 Å². The number of hydrogen-bond acceptors (Lipinski definition) is 7. The average molecular weight is 387 g/mol. The molecular weight excluding hydrogens is 361 g/mol. The van der Waals surface area contributed by atoms with E-state index in [-0.39, 0.29) is 23.0 Å². The van der Waals surface area contributed by atoms with Gasteiger partial charge in [0.2, 0.25) is 5.43 Å². The first kappa shape index (κ1) is 20.5. The Labute approximate surface area is 163 Å². The van der Waals surface area contributed by atoms with Gasteiger partial charge >= 0.3 is 13.1 Å². The molecule has 0 atom stereocenters. The number of fused-ring (bicyclic) bond motifs is 1. The maximum atomic E-state index is 12.9. The minimum atomic E-state index is -1.76. The lowest BCUT2D eigenvalue weighted by Gasteiger charge is -2.34. The highest BCUT2D eigenvalue weighted by Crippen LogP contribution is 2.24. The van der Waals surface area contributed by atoms with Gasteiger partial charge in [0.15, 0.2) is 0 Å². The second-order valence-electron chi connectivity index (χ2n) is 7.77. The summed E-state index contributed by atoms with van der Waals surface area (Å²) in [5, 5.41) is 19.1. The Morgan fingerprint density at radius 3 is 2.61 bits per heavy atom.